The van der Waals surface area contributed by atoms with Gasteiger partial charge >= 0.3 is 0 Å². The highest BCUT2D eigenvalue weighted by molar-refractivity contribution is 5.94. The van der Waals surface area contributed by atoms with Crippen LogP contribution in [-0.2, 0) is 13.0 Å². The van der Waals surface area contributed by atoms with Crippen LogP contribution in [0.3, 0.4) is 0 Å². The van der Waals surface area contributed by atoms with Gasteiger partial charge < -0.3 is 4.57 Å². The number of aromatic nitrogens is 1. The lowest BCUT2D eigenvalue weighted by Gasteiger charge is -2.02. The van der Waals surface area contributed by atoms with Crippen molar-refractivity contribution in [1.29, 1.82) is 0 Å². The highest BCUT2D eigenvalue weighted by atomic mass is 16.1. The van der Waals surface area contributed by atoms with E-state index in [1.807, 2.05) is 0 Å². The van der Waals surface area contributed by atoms with Crippen LogP contribution in [0.5, 0.6) is 0 Å². The Morgan fingerprint density at radius 2 is 2.00 bits per heavy atom. The van der Waals surface area contributed by atoms with Gasteiger partial charge in [0.25, 0.3) is 0 Å². The average molecular weight is 177 g/mol. The minimum absolute atomic E-state index is 0.203. The van der Waals surface area contributed by atoms with Crippen LogP contribution in [0.25, 0.3) is 0 Å². The largest absolute Gasteiger partial charge is 0.342 e. The van der Waals surface area contributed by atoms with Crippen molar-refractivity contribution in [3.05, 3.63) is 22.5 Å². The van der Waals surface area contributed by atoms with Crippen LogP contribution < -0.4 is 0 Å². The third-order valence-electron chi connectivity index (χ3n) is 3.08. The summed E-state index contributed by atoms with van der Waals surface area (Å²) < 4.78 is 2.20. The lowest BCUT2D eigenvalue weighted by atomic mass is 10.1. The first-order chi connectivity index (χ1) is 6.13. The van der Waals surface area contributed by atoms with Gasteiger partial charge in [0, 0.05) is 19.2 Å². The molecule has 0 amide bonds. The maximum atomic E-state index is 11.4. The molecule has 2 heterocycles. The van der Waals surface area contributed by atoms with E-state index in [2.05, 4.69) is 18.4 Å². The maximum absolute atomic E-state index is 11.4. The SMILES string of the molecule is CC(=O)c1c(C)c(C)c2n1CCC2. The second kappa shape index (κ2) is 2.72. The Bertz CT molecular complexity index is 374. The molecule has 2 heteroatoms. The third kappa shape index (κ3) is 1.05. The highest BCUT2D eigenvalue weighted by Gasteiger charge is 2.22. The van der Waals surface area contributed by atoms with Gasteiger partial charge in [-0.3, -0.25) is 4.79 Å². The van der Waals surface area contributed by atoms with Gasteiger partial charge in [0.15, 0.2) is 5.78 Å². The van der Waals surface area contributed by atoms with Crippen LogP contribution in [0.1, 0.15) is 40.7 Å². The Kier molecular flexibility index (Phi) is 1.79. The molecule has 2 nitrogen and oxygen atoms in total. The quantitative estimate of drug-likeness (QED) is 0.603. The van der Waals surface area contributed by atoms with Gasteiger partial charge in [0.05, 0.1) is 5.69 Å². The molecule has 0 radical (unpaired) electrons. The first-order valence-corrected chi connectivity index (χ1v) is 4.82. The Morgan fingerprint density at radius 1 is 1.31 bits per heavy atom. The monoisotopic (exact) mass is 177 g/mol. The summed E-state index contributed by atoms with van der Waals surface area (Å²) in [7, 11) is 0. The van der Waals surface area contributed by atoms with Gasteiger partial charge in [-0.25, -0.2) is 0 Å². The van der Waals surface area contributed by atoms with Gasteiger partial charge in [-0.1, -0.05) is 0 Å². The van der Waals surface area contributed by atoms with Crippen LogP contribution >= 0.6 is 0 Å². The zero-order valence-corrected chi connectivity index (χ0v) is 8.48. The summed E-state index contributed by atoms with van der Waals surface area (Å²) in [5.74, 6) is 0.203. The number of carbonyl (C=O) groups is 1. The topological polar surface area (TPSA) is 22.0 Å². The van der Waals surface area contributed by atoms with Crippen LogP contribution in [0, 0.1) is 13.8 Å². The first kappa shape index (κ1) is 8.54. The molecule has 1 aromatic rings. The molecule has 0 spiro atoms. The van der Waals surface area contributed by atoms with Crippen molar-refractivity contribution in [2.24, 2.45) is 0 Å². The van der Waals surface area contributed by atoms with Crippen LogP contribution in [-0.4, -0.2) is 10.4 Å². The van der Waals surface area contributed by atoms with E-state index in [1.54, 1.807) is 6.92 Å². The zero-order chi connectivity index (χ0) is 9.59. The molecule has 0 saturated carbocycles. The summed E-state index contributed by atoms with van der Waals surface area (Å²) in [4.78, 5) is 11.4. The van der Waals surface area contributed by atoms with E-state index in [0.717, 1.165) is 18.7 Å². The van der Waals surface area contributed by atoms with E-state index in [-0.39, 0.29) is 5.78 Å². The number of hydrogen-bond acceptors (Lipinski definition) is 1. The fourth-order valence-corrected chi connectivity index (χ4v) is 2.36. The van der Waals surface area contributed by atoms with Crippen LogP contribution in [0.15, 0.2) is 0 Å². The second-order valence-corrected chi connectivity index (χ2v) is 3.86. The lowest BCUT2D eigenvalue weighted by molar-refractivity contribution is 0.100. The minimum Gasteiger partial charge on any atom is -0.342 e. The number of hydrogen-bond donors (Lipinski definition) is 0. The zero-order valence-electron chi connectivity index (χ0n) is 8.48. The van der Waals surface area contributed by atoms with Gasteiger partial charge in [-0.2, -0.15) is 0 Å². The maximum Gasteiger partial charge on any atom is 0.176 e. The summed E-state index contributed by atoms with van der Waals surface area (Å²) >= 11 is 0. The standard InChI is InChI=1S/C11H15NO/c1-7-8(2)11(9(3)13)12-6-4-5-10(7)12/h4-6H2,1-3H3. The molecule has 70 valence electrons. The summed E-state index contributed by atoms with van der Waals surface area (Å²) in [5, 5.41) is 0. The Morgan fingerprint density at radius 3 is 2.62 bits per heavy atom. The Hall–Kier alpha value is -1.05. The van der Waals surface area contributed by atoms with E-state index in [0.29, 0.717) is 0 Å². The molecule has 0 bridgehead atoms. The number of fused-ring (bicyclic) bond motifs is 1. The molecule has 0 atom stereocenters. The van der Waals surface area contributed by atoms with Crippen LogP contribution in [0.4, 0.5) is 0 Å². The van der Waals surface area contributed by atoms with E-state index < -0.39 is 0 Å². The molecule has 1 aliphatic rings. The van der Waals surface area contributed by atoms with Crippen molar-refractivity contribution in [1.82, 2.24) is 4.57 Å². The molecule has 13 heavy (non-hydrogen) atoms. The average Bonchev–Trinajstić information content (AvgIpc) is 2.57. The Balaban J connectivity index is 2.68. The van der Waals surface area contributed by atoms with E-state index in [9.17, 15) is 4.79 Å². The van der Waals surface area contributed by atoms with Crippen molar-refractivity contribution >= 4 is 5.78 Å². The van der Waals surface area contributed by atoms with E-state index >= 15 is 0 Å². The third-order valence-corrected chi connectivity index (χ3v) is 3.08. The Labute approximate surface area is 78.6 Å². The van der Waals surface area contributed by atoms with Gasteiger partial charge in [-0.15, -0.1) is 0 Å². The van der Waals surface area contributed by atoms with Gasteiger partial charge in [0.2, 0.25) is 0 Å². The van der Waals surface area contributed by atoms with Crippen LogP contribution in [0.2, 0.25) is 0 Å². The normalized spacial score (nSPS) is 14.7. The molecule has 0 aromatic carbocycles. The number of carbonyl (C=O) groups excluding carboxylic acids is 1. The first-order valence-electron chi connectivity index (χ1n) is 4.82. The second-order valence-electron chi connectivity index (χ2n) is 3.86. The molecule has 0 N–H and O–H groups in total. The van der Waals surface area contributed by atoms with E-state index in [4.69, 9.17) is 0 Å². The molecule has 2 rings (SSSR count). The lowest BCUT2D eigenvalue weighted by Crippen LogP contribution is -2.05. The summed E-state index contributed by atoms with van der Waals surface area (Å²) in [6.45, 7) is 6.86. The number of ketones is 1. The number of rotatable bonds is 1. The fourth-order valence-electron chi connectivity index (χ4n) is 2.36. The van der Waals surface area contributed by atoms with Crippen molar-refractivity contribution in [3.8, 4) is 0 Å². The summed E-state index contributed by atoms with van der Waals surface area (Å²) in [6.07, 6.45) is 2.33. The molecular formula is C11H15NO. The molecule has 0 fully saturated rings. The molecule has 0 saturated heterocycles. The predicted molar refractivity (Wildman–Crippen MR) is 52.2 cm³/mol. The fraction of sp³-hybridized carbons (Fsp3) is 0.545. The molecule has 1 aromatic heterocycles. The predicted octanol–water partition coefficient (Wildman–Crippen LogP) is 2.25. The molecule has 0 aliphatic carbocycles. The summed E-state index contributed by atoms with van der Waals surface area (Å²) in [5.41, 5.74) is 4.82. The molecule has 0 unspecified atom stereocenters. The van der Waals surface area contributed by atoms with Gasteiger partial charge in [-0.05, 0) is 37.8 Å². The number of nitrogens with zero attached hydrogens (tertiary/aromatic N) is 1. The highest BCUT2D eigenvalue weighted by Crippen LogP contribution is 2.28. The molecular weight excluding hydrogens is 162 g/mol. The smallest absolute Gasteiger partial charge is 0.176 e. The van der Waals surface area contributed by atoms with Crippen molar-refractivity contribution < 1.29 is 4.79 Å². The van der Waals surface area contributed by atoms with Crippen molar-refractivity contribution in [2.75, 3.05) is 0 Å². The molecule has 1 aliphatic heterocycles. The van der Waals surface area contributed by atoms with Crippen molar-refractivity contribution in [3.63, 3.8) is 0 Å². The number of Topliss-reactive ketones (excluding diaryl/α,β-unsaturated/α-hetero) is 1. The van der Waals surface area contributed by atoms with Gasteiger partial charge in [0.1, 0.15) is 0 Å². The van der Waals surface area contributed by atoms with E-state index in [1.165, 1.54) is 23.2 Å². The summed E-state index contributed by atoms with van der Waals surface area (Å²) in [6, 6.07) is 0. The minimum atomic E-state index is 0.203. The van der Waals surface area contributed by atoms with Crippen molar-refractivity contribution in [2.45, 2.75) is 40.2 Å².